The number of nitrogens with one attached hydrogen (secondary N) is 1. The molecular weight excluding hydrogens is 327 g/mol. The van der Waals surface area contributed by atoms with Crippen molar-refractivity contribution in [1.82, 2.24) is 15.5 Å². The number of alkyl halides is 3. The van der Waals surface area contributed by atoms with Crippen LogP contribution in [0.2, 0.25) is 0 Å². The Morgan fingerprint density at radius 3 is 2.50 bits per heavy atom. The average molecular weight is 341 g/mol. The number of ether oxygens (including phenoxy) is 1. The molecule has 2 aromatic rings. The number of benzene rings is 1. The second-order valence-electron chi connectivity index (χ2n) is 5.58. The standard InChI is InChI=1S/C15H14F3N3O3/c1-8(22)20-14(7-11(14)23-2)10-5-3-9(4-6-10)12-19-13(24-21-12)15(16,17)18/h3-6,11H,7H2,1-2H3,(H,20,22). The fraction of sp³-hybridized carbons (Fsp3) is 0.400. The summed E-state index contributed by atoms with van der Waals surface area (Å²) in [6.07, 6.45) is -4.20. The molecule has 6 nitrogen and oxygen atoms in total. The molecule has 3 rings (SSSR count). The zero-order valence-electron chi connectivity index (χ0n) is 12.8. The van der Waals surface area contributed by atoms with Crippen molar-refractivity contribution in [2.75, 3.05) is 7.11 Å². The number of methoxy groups -OCH3 is 1. The SMILES string of the molecule is COC1CC1(NC(C)=O)c1ccc(-c2noc(C(F)(F)F)n2)cc1. The lowest BCUT2D eigenvalue weighted by molar-refractivity contribution is -0.159. The fourth-order valence-corrected chi connectivity index (χ4v) is 2.71. The summed E-state index contributed by atoms with van der Waals surface area (Å²) >= 11 is 0. The van der Waals surface area contributed by atoms with Crippen molar-refractivity contribution in [2.45, 2.75) is 31.2 Å². The van der Waals surface area contributed by atoms with Crippen LogP contribution in [0.25, 0.3) is 11.4 Å². The molecule has 24 heavy (non-hydrogen) atoms. The molecular formula is C15H14F3N3O3. The van der Waals surface area contributed by atoms with Crippen LogP contribution in [0.4, 0.5) is 13.2 Å². The highest BCUT2D eigenvalue weighted by Crippen LogP contribution is 2.48. The molecule has 128 valence electrons. The molecule has 1 heterocycles. The van der Waals surface area contributed by atoms with Crippen LogP contribution in [0.3, 0.4) is 0 Å². The van der Waals surface area contributed by atoms with Gasteiger partial charge in [0.05, 0.1) is 11.6 Å². The van der Waals surface area contributed by atoms with Gasteiger partial charge in [-0.1, -0.05) is 29.4 Å². The summed E-state index contributed by atoms with van der Waals surface area (Å²) in [5.41, 5.74) is 0.575. The Morgan fingerprint density at radius 2 is 2.04 bits per heavy atom. The molecule has 1 aliphatic rings. The van der Waals surface area contributed by atoms with Gasteiger partial charge in [0.2, 0.25) is 11.7 Å². The summed E-state index contributed by atoms with van der Waals surface area (Å²) in [5, 5.41) is 6.21. The summed E-state index contributed by atoms with van der Waals surface area (Å²) in [5.74, 6) is -1.73. The average Bonchev–Trinajstić information content (AvgIpc) is 2.98. The van der Waals surface area contributed by atoms with E-state index in [1.54, 1.807) is 31.4 Å². The molecule has 2 atom stereocenters. The largest absolute Gasteiger partial charge is 0.471 e. The Labute approximate surface area is 135 Å². The van der Waals surface area contributed by atoms with Gasteiger partial charge in [0.15, 0.2) is 0 Å². The van der Waals surface area contributed by atoms with Gasteiger partial charge in [0, 0.05) is 26.0 Å². The van der Waals surface area contributed by atoms with Crippen LogP contribution in [-0.2, 0) is 21.2 Å². The zero-order chi connectivity index (χ0) is 17.5. The fourth-order valence-electron chi connectivity index (χ4n) is 2.71. The second kappa shape index (κ2) is 5.59. The zero-order valence-corrected chi connectivity index (χ0v) is 12.8. The van der Waals surface area contributed by atoms with Crippen molar-refractivity contribution in [2.24, 2.45) is 0 Å². The molecule has 1 aliphatic carbocycles. The molecule has 1 amide bonds. The molecule has 1 fully saturated rings. The number of amides is 1. The first kappa shape index (κ1) is 16.4. The van der Waals surface area contributed by atoms with E-state index in [1.807, 2.05) is 0 Å². The number of carbonyl (C=O) groups is 1. The smallest absolute Gasteiger partial charge is 0.379 e. The van der Waals surface area contributed by atoms with Gasteiger partial charge in [-0.05, 0) is 5.56 Å². The first-order valence-corrected chi connectivity index (χ1v) is 7.09. The van der Waals surface area contributed by atoms with Crippen molar-refractivity contribution < 1.29 is 27.2 Å². The number of rotatable bonds is 4. The van der Waals surface area contributed by atoms with E-state index in [2.05, 4.69) is 20.0 Å². The third-order valence-corrected chi connectivity index (χ3v) is 3.91. The maximum atomic E-state index is 12.5. The maximum Gasteiger partial charge on any atom is 0.471 e. The summed E-state index contributed by atoms with van der Waals surface area (Å²) in [6, 6.07) is 6.56. The van der Waals surface area contributed by atoms with Gasteiger partial charge in [0.1, 0.15) is 0 Å². The molecule has 0 saturated heterocycles. The summed E-state index contributed by atoms with van der Waals surface area (Å²) < 4.78 is 47.0. The number of hydrogen-bond donors (Lipinski definition) is 1. The normalized spacial score (nSPS) is 23.1. The van der Waals surface area contributed by atoms with Gasteiger partial charge < -0.3 is 14.6 Å². The predicted molar refractivity (Wildman–Crippen MR) is 75.6 cm³/mol. The van der Waals surface area contributed by atoms with E-state index < -0.39 is 17.6 Å². The molecule has 0 spiro atoms. The highest BCUT2D eigenvalue weighted by molar-refractivity contribution is 5.75. The van der Waals surface area contributed by atoms with E-state index in [4.69, 9.17) is 4.74 Å². The Hall–Kier alpha value is -2.42. The number of halogens is 3. The van der Waals surface area contributed by atoms with E-state index >= 15 is 0 Å². The Bertz CT molecular complexity index is 757. The van der Waals surface area contributed by atoms with Crippen LogP contribution in [0, 0.1) is 0 Å². The van der Waals surface area contributed by atoms with Gasteiger partial charge in [-0.25, -0.2) is 0 Å². The van der Waals surface area contributed by atoms with E-state index in [9.17, 15) is 18.0 Å². The van der Waals surface area contributed by atoms with Gasteiger partial charge in [-0.3, -0.25) is 4.79 Å². The number of carbonyl (C=O) groups excluding carboxylic acids is 1. The number of nitrogens with zero attached hydrogens (tertiary/aromatic N) is 2. The molecule has 1 N–H and O–H groups in total. The lowest BCUT2D eigenvalue weighted by Gasteiger charge is -2.18. The summed E-state index contributed by atoms with van der Waals surface area (Å²) in [4.78, 5) is 14.8. The van der Waals surface area contributed by atoms with E-state index in [0.29, 0.717) is 12.0 Å². The van der Waals surface area contributed by atoms with E-state index in [1.165, 1.54) is 6.92 Å². The Morgan fingerprint density at radius 1 is 1.38 bits per heavy atom. The van der Waals surface area contributed by atoms with Crippen molar-refractivity contribution in [1.29, 1.82) is 0 Å². The minimum absolute atomic E-state index is 0.144. The summed E-state index contributed by atoms with van der Waals surface area (Å²) in [7, 11) is 1.56. The minimum Gasteiger partial charge on any atom is -0.379 e. The minimum atomic E-state index is -4.68. The second-order valence-corrected chi connectivity index (χ2v) is 5.58. The van der Waals surface area contributed by atoms with Crippen LogP contribution in [0.1, 0.15) is 24.8 Å². The van der Waals surface area contributed by atoms with Crippen molar-refractivity contribution in [3.8, 4) is 11.4 Å². The van der Waals surface area contributed by atoms with Gasteiger partial charge in [-0.2, -0.15) is 18.2 Å². The monoisotopic (exact) mass is 341 g/mol. The first-order chi connectivity index (χ1) is 11.3. The van der Waals surface area contributed by atoms with Gasteiger partial charge in [-0.15, -0.1) is 0 Å². The van der Waals surface area contributed by atoms with Crippen LogP contribution in [0.15, 0.2) is 28.8 Å². The highest BCUT2D eigenvalue weighted by atomic mass is 19.4. The molecule has 0 radical (unpaired) electrons. The Kier molecular flexibility index (Phi) is 3.83. The number of hydrogen-bond acceptors (Lipinski definition) is 5. The van der Waals surface area contributed by atoms with Crippen LogP contribution in [-0.4, -0.2) is 29.3 Å². The molecule has 2 unspecified atom stereocenters. The van der Waals surface area contributed by atoms with Crippen molar-refractivity contribution in [3.63, 3.8) is 0 Å². The Balaban J connectivity index is 1.86. The molecule has 0 aliphatic heterocycles. The maximum absolute atomic E-state index is 12.5. The quantitative estimate of drug-likeness (QED) is 0.925. The van der Waals surface area contributed by atoms with Gasteiger partial charge in [0.25, 0.3) is 0 Å². The molecule has 1 saturated carbocycles. The summed E-state index contributed by atoms with van der Waals surface area (Å²) in [6.45, 7) is 1.42. The molecule has 1 aromatic heterocycles. The van der Waals surface area contributed by atoms with Gasteiger partial charge >= 0.3 is 12.1 Å². The highest BCUT2D eigenvalue weighted by Gasteiger charge is 2.57. The molecule has 9 heteroatoms. The first-order valence-electron chi connectivity index (χ1n) is 7.09. The van der Waals surface area contributed by atoms with Crippen LogP contribution in [0.5, 0.6) is 0 Å². The third kappa shape index (κ3) is 2.86. The lowest BCUT2D eigenvalue weighted by Crippen LogP contribution is -2.36. The van der Waals surface area contributed by atoms with E-state index in [0.717, 1.165) is 5.56 Å². The molecule has 1 aromatic carbocycles. The lowest BCUT2D eigenvalue weighted by atomic mass is 10.0. The predicted octanol–water partition coefficient (Wildman–Crippen LogP) is 2.51. The topological polar surface area (TPSA) is 77.2 Å². The van der Waals surface area contributed by atoms with Crippen molar-refractivity contribution >= 4 is 5.91 Å². The third-order valence-electron chi connectivity index (χ3n) is 3.91. The molecule has 0 bridgehead atoms. The number of aromatic nitrogens is 2. The van der Waals surface area contributed by atoms with Crippen LogP contribution >= 0.6 is 0 Å². The van der Waals surface area contributed by atoms with E-state index in [-0.39, 0.29) is 17.8 Å². The van der Waals surface area contributed by atoms with Crippen LogP contribution < -0.4 is 5.32 Å². The van der Waals surface area contributed by atoms with Crippen molar-refractivity contribution in [3.05, 3.63) is 35.7 Å².